The van der Waals surface area contributed by atoms with E-state index >= 15 is 0 Å². The molecular weight excluding hydrogens is 445 g/mol. The van der Waals surface area contributed by atoms with Gasteiger partial charge in [-0.15, -0.1) is 5.10 Å². The lowest BCUT2D eigenvalue weighted by atomic mass is 10.1. The largest absolute Gasteiger partial charge is 0.490 e. The quantitative estimate of drug-likeness (QED) is 0.445. The van der Waals surface area contributed by atoms with Crippen LogP contribution >= 0.6 is 23.2 Å². The summed E-state index contributed by atoms with van der Waals surface area (Å²) in [5.41, 5.74) is 0.810. The van der Waals surface area contributed by atoms with Gasteiger partial charge in [-0.05, 0) is 51.1 Å². The summed E-state index contributed by atoms with van der Waals surface area (Å²) in [6.07, 6.45) is 0. The second-order valence-electron chi connectivity index (χ2n) is 6.13. The van der Waals surface area contributed by atoms with Crippen LogP contribution in [-0.2, 0) is 0 Å². The molecule has 1 N–H and O–H groups in total. The zero-order valence-corrected chi connectivity index (χ0v) is 18.7. The van der Waals surface area contributed by atoms with Crippen LogP contribution in [0.4, 0.5) is 6.01 Å². The van der Waals surface area contributed by atoms with Crippen molar-refractivity contribution in [3.63, 3.8) is 0 Å². The molecule has 0 aliphatic heterocycles. The lowest BCUT2D eigenvalue weighted by Gasteiger charge is -2.16. The molecule has 0 saturated heterocycles. The van der Waals surface area contributed by atoms with E-state index in [0.29, 0.717) is 52.7 Å². The molecule has 2 aromatic carbocycles. The van der Waals surface area contributed by atoms with Gasteiger partial charge in [-0.2, -0.15) is 0 Å². The van der Waals surface area contributed by atoms with Crippen molar-refractivity contribution in [3.8, 4) is 28.7 Å². The van der Waals surface area contributed by atoms with E-state index in [-0.39, 0.29) is 17.5 Å². The molecule has 1 amide bonds. The first-order valence-electron chi connectivity index (χ1n) is 9.62. The highest BCUT2D eigenvalue weighted by Crippen LogP contribution is 2.39. The highest BCUT2D eigenvalue weighted by atomic mass is 35.5. The Kier molecular flexibility index (Phi) is 7.59. The fourth-order valence-electron chi connectivity index (χ4n) is 2.76. The van der Waals surface area contributed by atoms with Crippen LogP contribution in [0.3, 0.4) is 0 Å². The molecule has 0 fully saturated rings. The van der Waals surface area contributed by atoms with Gasteiger partial charge >= 0.3 is 6.01 Å². The number of benzene rings is 2. The van der Waals surface area contributed by atoms with Gasteiger partial charge in [0.2, 0.25) is 11.6 Å². The van der Waals surface area contributed by atoms with Crippen molar-refractivity contribution in [2.24, 2.45) is 0 Å². The molecule has 0 aliphatic rings. The highest BCUT2D eigenvalue weighted by Gasteiger charge is 2.20. The minimum atomic E-state index is -0.482. The summed E-state index contributed by atoms with van der Waals surface area (Å²) >= 11 is 12.0. The number of carbonyl (C=O) groups is 1. The smallest absolute Gasteiger partial charge is 0.322 e. The third-order valence-corrected chi connectivity index (χ3v) is 4.36. The molecule has 0 spiro atoms. The minimum Gasteiger partial charge on any atom is -0.490 e. The molecule has 3 aromatic rings. The van der Waals surface area contributed by atoms with Crippen LogP contribution in [0.1, 0.15) is 31.1 Å². The number of nitrogens with zero attached hydrogens (tertiary/aromatic N) is 2. The predicted molar refractivity (Wildman–Crippen MR) is 118 cm³/mol. The summed E-state index contributed by atoms with van der Waals surface area (Å²) in [6, 6.07) is 7.90. The van der Waals surface area contributed by atoms with Crippen molar-refractivity contribution in [1.82, 2.24) is 10.2 Å². The summed E-state index contributed by atoms with van der Waals surface area (Å²) < 4.78 is 22.5. The number of carbonyl (C=O) groups excluding carboxylic acids is 1. The third-order valence-electron chi connectivity index (χ3n) is 3.93. The van der Waals surface area contributed by atoms with Gasteiger partial charge in [0.15, 0.2) is 11.5 Å². The minimum absolute atomic E-state index is 0.0825. The zero-order valence-electron chi connectivity index (χ0n) is 17.2. The number of hydrogen-bond donors (Lipinski definition) is 1. The van der Waals surface area contributed by atoms with E-state index in [1.807, 2.05) is 20.8 Å². The molecule has 1 aromatic heterocycles. The molecule has 3 rings (SSSR count). The van der Waals surface area contributed by atoms with E-state index < -0.39 is 5.91 Å². The van der Waals surface area contributed by atoms with Crippen molar-refractivity contribution in [2.45, 2.75) is 20.8 Å². The Morgan fingerprint density at radius 3 is 2.03 bits per heavy atom. The van der Waals surface area contributed by atoms with E-state index in [9.17, 15) is 4.79 Å². The predicted octanol–water partition coefficient (Wildman–Crippen LogP) is 5.49. The number of nitrogens with one attached hydrogen (secondary N) is 1. The number of ether oxygens (including phenoxy) is 3. The second kappa shape index (κ2) is 10.4. The molecule has 0 bridgehead atoms. The number of hydrogen-bond acceptors (Lipinski definition) is 7. The molecule has 0 radical (unpaired) electrons. The van der Waals surface area contributed by atoms with Gasteiger partial charge < -0.3 is 18.6 Å². The molecule has 164 valence electrons. The van der Waals surface area contributed by atoms with Crippen LogP contribution < -0.4 is 19.5 Å². The molecular formula is C21H21Cl2N3O5. The van der Waals surface area contributed by atoms with E-state index in [2.05, 4.69) is 15.5 Å². The van der Waals surface area contributed by atoms with Crippen LogP contribution in [0.5, 0.6) is 17.2 Å². The van der Waals surface area contributed by atoms with Crippen LogP contribution in [0.15, 0.2) is 34.7 Å². The number of aromatic nitrogens is 2. The van der Waals surface area contributed by atoms with Gasteiger partial charge in [0.25, 0.3) is 5.91 Å². The lowest BCUT2D eigenvalue weighted by Crippen LogP contribution is -2.13. The van der Waals surface area contributed by atoms with Gasteiger partial charge in [-0.1, -0.05) is 28.3 Å². The standard InChI is InChI=1S/C21H21Cl2N3O5/c1-4-28-16-9-12(10-17(29-5-2)18(16)30-6-3)19(27)24-21-26-25-20(31-21)13-7-14(22)11-15(23)8-13/h7-11H,4-6H2,1-3H3,(H,24,26,27). The number of anilines is 1. The maximum atomic E-state index is 12.8. The highest BCUT2D eigenvalue weighted by molar-refractivity contribution is 6.35. The Bertz CT molecular complexity index is 1020. The van der Waals surface area contributed by atoms with Gasteiger partial charge in [-0.3, -0.25) is 10.1 Å². The number of amides is 1. The van der Waals surface area contributed by atoms with Crippen molar-refractivity contribution in [1.29, 1.82) is 0 Å². The average molecular weight is 466 g/mol. The maximum absolute atomic E-state index is 12.8. The van der Waals surface area contributed by atoms with Gasteiger partial charge in [0.05, 0.1) is 19.8 Å². The summed E-state index contributed by atoms with van der Waals surface area (Å²) in [5, 5.41) is 11.2. The summed E-state index contributed by atoms with van der Waals surface area (Å²) in [5.74, 6) is 0.932. The topological polar surface area (TPSA) is 95.7 Å². The Morgan fingerprint density at radius 1 is 0.903 bits per heavy atom. The Labute approximate surface area is 189 Å². The maximum Gasteiger partial charge on any atom is 0.322 e. The fourth-order valence-corrected chi connectivity index (χ4v) is 3.28. The van der Waals surface area contributed by atoms with Gasteiger partial charge in [0.1, 0.15) is 0 Å². The average Bonchev–Trinajstić information content (AvgIpc) is 3.18. The van der Waals surface area contributed by atoms with Gasteiger partial charge in [-0.25, -0.2) is 0 Å². The Hall–Kier alpha value is -2.97. The molecule has 0 aliphatic carbocycles. The molecule has 0 saturated carbocycles. The van der Waals surface area contributed by atoms with Crippen molar-refractivity contribution >= 4 is 35.1 Å². The van der Waals surface area contributed by atoms with Crippen molar-refractivity contribution in [2.75, 3.05) is 25.1 Å². The van der Waals surface area contributed by atoms with E-state index in [0.717, 1.165) is 0 Å². The van der Waals surface area contributed by atoms with Crippen molar-refractivity contribution in [3.05, 3.63) is 45.9 Å². The first kappa shape index (κ1) is 22.7. The lowest BCUT2D eigenvalue weighted by molar-refractivity contribution is 0.102. The van der Waals surface area contributed by atoms with Crippen molar-refractivity contribution < 1.29 is 23.4 Å². The van der Waals surface area contributed by atoms with Crippen LogP contribution in [-0.4, -0.2) is 35.9 Å². The molecule has 0 atom stereocenters. The number of halogens is 2. The van der Waals surface area contributed by atoms with Crippen LogP contribution in [0.25, 0.3) is 11.5 Å². The first-order valence-corrected chi connectivity index (χ1v) is 10.4. The monoisotopic (exact) mass is 465 g/mol. The fraction of sp³-hybridized carbons (Fsp3) is 0.286. The number of rotatable bonds is 9. The van der Waals surface area contributed by atoms with Crippen LogP contribution in [0.2, 0.25) is 10.0 Å². The zero-order chi connectivity index (χ0) is 22.4. The summed E-state index contributed by atoms with van der Waals surface area (Å²) in [6.45, 7) is 6.74. The van der Waals surface area contributed by atoms with E-state index in [4.69, 9.17) is 41.8 Å². The molecule has 10 heteroatoms. The second-order valence-corrected chi connectivity index (χ2v) is 7.00. The molecule has 0 unspecified atom stereocenters. The first-order chi connectivity index (χ1) is 14.9. The van der Waals surface area contributed by atoms with E-state index in [1.165, 1.54) is 0 Å². The summed E-state index contributed by atoms with van der Waals surface area (Å²) in [4.78, 5) is 12.8. The van der Waals surface area contributed by atoms with Gasteiger partial charge in [0, 0.05) is 21.2 Å². The van der Waals surface area contributed by atoms with E-state index in [1.54, 1.807) is 30.3 Å². The Balaban J connectivity index is 1.87. The molecule has 1 heterocycles. The molecule has 8 nitrogen and oxygen atoms in total. The summed E-state index contributed by atoms with van der Waals surface area (Å²) in [7, 11) is 0. The SMILES string of the molecule is CCOc1cc(C(=O)Nc2nnc(-c3cc(Cl)cc(Cl)c3)o2)cc(OCC)c1OCC. The normalized spacial score (nSPS) is 10.6. The third kappa shape index (κ3) is 5.59. The Morgan fingerprint density at radius 2 is 1.48 bits per heavy atom. The molecule has 31 heavy (non-hydrogen) atoms. The van der Waals surface area contributed by atoms with Crippen LogP contribution in [0, 0.1) is 0 Å².